The second-order valence-electron chi connectivity index (χ2n) is 6.46. The minimum Gasteiger partial charge on any atom is -0.497 e. The molecule has 0 radical (unpaired) electrons. The number of thiazole rings is 1. The van der Waals surface area contributed by atoms with E-state index in [0.29, 0.717) is 6.04 Å². The van der Waals surface area contributed by atoms with E-state index in [2.05, 4.69) is 28.5 Å². The Bertz CT molecular complexity index is 855. The number of rotatable bonds is 5. The topological polar surface area (TPSA) is 38.5 Å². The lowest BCUT2D eigenvalue weighted by Crippen LogP contribution is -2.22. The summed E-state index contributed by atoms with van der Waals surface area (Å²) in [6.07, 6.45) is 2.40. The van der Waals surface area contributed by atoms with Gasteiger partial charge < -0.3 is 9.15 Å². The Hall–Kier alpha value is -2.11. The molecule has 0 saturated carbocycles. The first-order chi connectivity index (χ1) is 12.2. The Balaban J connectivity index is 1.51. The fourth-order valence-electron chi connectivity index (χ4n) is 3.49. The highest BCUT2D eigenvalue weighted by atomic mass is 32.1. The molecule has 1 aliphatic rings. The Kier molecular flexibility index (Phi) is 4.59. The summed E-state index contributed by atoms with van der Waals surface area (Å²) in [6, 6.07) is 12.8. The van der Waals surface area contributed by atoms with Crippen LogP contribution in [0.25, 0.3) is 10.8 Å². The molecule has 3 heterocycles. The van der Waals surface area contributed by atoms with Gasteiger partial charge in [-0.25, -0.2) is 4.98 Å². The highest BCUT2D eigenvalue weighted by Gasteiger charge is 2.27. The molecule has 4 rings (SSSR count). The SMILES string of the molecule is COc1cccc(C2CCCN2Cc2csc(-c3ccc(C)o3)n2)c1. The van der Waals surface area contributed by atoms with Gasteiger partial charge in [-0.05, 0) is 56.1 Å². The van der Waals surface area contributed by atoms with Gasteiger partial charge in [0, 0.05) is 18.0 Å². The standard InChI is InChI=1S/C20H22N2O2S/c1-14-8-9-19(24-14)20-21-16(13-25-20)12-22-10-4-7-18(22)15-5-3-6-17(11-15)23-2/h3,5-6,8-9,11,13,18H,4,7,10,12H2,1-2H3. The molecular weight excluding hydrogens is 332 g/mol. The van der Waals surface area contributed by atoms with Crippen molar-refractivity contribution in [3.8, 4) is 16.5 Å². The minimum atomic E-state index is 0.436. The summed E-state index contributed by atoms with van der Waals surface area (Å²) in [5.74, 6) is 2.71. The number of ether oxygens (including phenoxy) is 1. The first-order valence-electron chi connectivity index (χ1n) is 8.62. The van der Waals surface area contributed by atoms with Crippen LogP contribution in [0.2, 0.25) is 0 Å². The van der Waals surface area contributed by atoms with Crippen LogP contribution in [-0.2, 0) is 6.54 Å². The number of nitrogens with zero attached hydrogens (tertiary/aromatic N) is 2. The summed E-state index contributed by atoms with van der Waals surface area (Å²) >= 11 is 1.65. The molecule has 130 valence electrons. The van der Waals surface area contributed by atoms with Crippen LogP contribution in [0, 0.1) is 6.92 Å². The van der Waals surface area contributed by atoms with Crippen LogP contribution in [0.3, 0.4) is 0 Å². The average molecular weight is 354 g/mol. The summed E-state index contributed by atoms with van der Waals surface area (Å²) in [5, 5.41) is 3.11. The maximum absolute atomic E-state index is 5.69. The van der Waals surface area contributed by atoms with Crippen molar-refractivity contribution < 1.29 is 9.15 Å². The van der Waals surface area contributed by atoms with Crippen molar-refractivity contribution in [2.45, 2.75) is 32.4 Å². The Morgan fingerprint density at radius 1 is 1.32 bits per heavy atom. The van der Waals surface area contributed by atoms with E-state index in [9.17, 15) is 0 Å². The van der Waals surface area contributed by atoms with Gasteiger partial charge in [0.25, 0.3) is 0 Å². The Morgan fingerprint density at radius 2 is 2.24 bits per heavy atom. The molecule has 3 aromatic rings. The summed E-state index contributed by atoms with van der Waals surface area (Å²) in [5.41, 5.74) is 2.44. The van der Waals surface area contributed by atoms with Crippen molar-refractivity contribution in [1.29, 1.82) is 0 Å². The van der Waals surface area contributed by atoms with E-state index in [1.165, 1.54) is 18.4 Å². The number of hydrogen-bond acceptors (Lipinski definition) is 5. The highest BCUT2D eigenvalue weighted by Crippen LogP contribution is 2.35. The molecule has 1 fully saturated rings. The van der Waals surface area contributed by atoms with Gasteiger partial charge in [0.2, 0.25) is 0 Å². The van der Waals surface area contributed by atoms with Crippen molar-refractivity contribution in [3.63, 3.8) is 0 Å². The van der Waals surface area contributed by atoms with E-state index in [1.54, 1.807) is 18.4 Å². The van der Waals surface area contributed by atoms with Gasteiger partial charge >= 0.3 is 0 Å². The van der Waals surface area contributed by atoms with Crippen LogP contribution >= 0.6 is 11.3 Å². The van der Waals surface area contributed by atoms with E-state index < -0.39 is 0 Å². The lowest BCUT2D eigenvalue weighted by Gasteiger charge is -2.24. The van der Waals surface area contributed by atoms with Gasteiger partial charge in [0.15, 0.2) is 10.8 Å². The highest BCUT2D eigenvalue weighted by molar-refractivity contribution is 7.13. The fraction of sp³-hybridized carbons (Fsp3) is 0.350. The molecule has 2 aromatic heterocycles. The van der Waals surface area contributed by atoms with E-state index >= 15 is 0 Å². The van der Waals surface area contributed by atoms with E-state index in [4.69, 9.17) is 14.1 Å². The molecule has 25 heavy (non-hydrogen) atoms. The van der Waals surface area contributed by atoms with Crippen LogP contribution in [0.5, 0.6) is 5.75 Å². The molecule has 1 saturated heterocycles. The summed E-state index contributed by atoms with van der Waals surface area (Å²) < 4.78 is 11.1. The number of aromatic nitrogens is 1. The van der Waals surface area contributed by atoms with Gasteiger partial charge in [-0.2, -0.15) is 0 Å². The molecule has 1 atom stereocenters. The molecule has 1 unspecified atom stereocenters. The van der Waals surface area contributed by atoms with E-state index in [1.807, 2.05) is 25.1 Å². The van der Waals surface area contributed by atoms with Gasteiger partial charge in [0.05, 0.1) is 12.8 Å². The first-order valence-corrected chi connectivity index (χ1v) is 9.50. The third kappa shape index (κ3) is 3.48. The molecule has 4 nitrogen and oxygen atoms in total. The molecule has 1 aliphatic heterocycles. The zero-order valence-corrected chi connectivity index (χ0v) is 15.4. The number of hydrogen-bond donors (Lipinski definition) is 0. The molecule has 0 aliphatic carbocycles. The quantitative estimate of drug-likeness (QED) is 0.642. The Morgan fingerprint density at radius 3 is 3.04 bits per heavy atom. The van der Waals surface area contributed by atoms with E-state index in [0.717, 1.165) is 41.1 Å². The van der Waals surface area contributed by atoms with Crippen LogP contribution in [0.1, 0.15) is 35.9 Å². The molecule has 0 amide bonds. The molecule has 0 spiro atoms. The molecule has 0 N–H and O–H groups in total. The van der Waals surface area contributed by atoms with Crippen LogP contribution in [-0.4, -0.2) is 23.5 Å². The second-order valence-corrected chi connectivity index (χ2v) is 7.32. The lowest BCUT2D eigenvalue weighted by atomic mass is 10.0. The van der Waals surface area contributed by atoms with Crippen molar-refractivity contribution in [2.24, 2.45) is 0 Å². The predicted molar refractivity (Wildman–Crippen MR) is 99.9 cm³/mol. The largest absolute Gasteiger partial charge is 0.497 e. The molecule has 5 heteroatoms. The molecule has 0 bridgehead atoms. The third-order valence-electron chi connectivity index (χ3n) is 4.71. The van der Waals surface area contributed by atoms with Gasteiger partial charge in [-0.3, -0.25) is 4.90 Å². The monoisotopic (exact) mass is 354 g/mol. The maximum atomic E-state index is 5.69. The zero-order valence-electron chi connectivity index (χ0n) is 14.6. The number of methoxy groups -OCH3 is 1. The predicted octanol–water partition coefficient (Wildman–Crippen LogP) is 5.06. The smallest absolute Gasteiger partial charge is 0.162 e. The van der Waals surface area contributed by atoms with Crippen molar-refractivity contribution in [2.75, 3.05) is 13.7 Å². The Labute approximate surface area is 152 Å². The number of benzene rings is 1. The second kappa shape index (κ2) is 7.02. The van der Waals surface area contributed by atoms with Gasteiger partial charge in [-0.15, -0.1) is 11.3 Å². The van der Waals surface area contributed by atoms with E-state index in [-0.39, 0.29) is 0 Å². The summed E-state index contributed by atoms with van der Waals surface area (Å²) in [7, 11) is 1.72. The van der Waals surface area contributed by atoms with Crippen LogP contribution in [0.15, 0.2) is 46.2 Å². The van der Waals surface area contributed by atoms with Crippen molar-refractivity contribution in [1.82, 2.24) is 9.88 Å². The molecular formula is C20H22N2O2S. The normalized spacial score (nSPS) is 17.9. The third-order valence-corrected chi connectivity index (χ3v) is 5.62. The van der Waals surface area contributed by atoms with Crippen LogP contribution < -0.4 is 4.74 Å². The average Bonchev–Trinajstić information content (AvgIpc) is 3.36. The van der Waals surface area contributed by atoms with Gasteiger partial charge in [0.1, 0.15) is 11.5 Å². The van der Waals surface area contributed by atoms with Crippen molar-refractivity contribution in [3.05, 3.63) is 58.8 Å². The number of furan rings is 1. The van der Waals surface area contributed by atoms with Crippen molar-refractivity contribution >= 4 is 11.3 Å². The fourth-order valence-corrected chi connectivity index (χ4v) is 4.26. The minimum absolute atomic E-state index is 0.436. The zero-order chi connectivity index (χ0) is 17.2. The number of aryl methyl sites for hydroxylation is 1. The lowest BCUT2D eigenvalue weighted by molar-refractivity contribution is 0.245. The summed E-state index contributed by atoms with van der Waals surface area (Å²) in [6.45, 7) is 3.94. The maximum Gasteiger partial charge on any atom is 0.162 e. The first kappa shape index (κ1) is 16.4. The summed E-state index contributed by atoms with van der Waals surface area (Å²) in [4.78, 5) is 7.29. The van der Waals surface area contributed by atoms with Crippen LogP contribution in [0.4, 0.5) is 0 Å². The number of likely N-dealkylation sites (tertiary alicyclic amines) is 1. The molecule has 1 aromatic carbocycles. The van der Waals surface area contributed by atoms with Gasteiger partial charge in [-0.1, -0.05) is 12.1 Å².